The third kappa shape index (κ3) is 4.55. The quantitative estimate of drug-likeness (QED) is 0.666. The number of amides is 2. The molecule has 1 aliphatic carbocycles. The predicted octanol–water partition coefficient (Wildman–Crippen LogP) is 1.34. The van der Waals surface area contributed by atoms with Gasteiger partial charge in [-0.1, -0.05) is 0 Å². The van der Waals surface area contributed by atoms with Crippen molar-refractivity contribution in [3.05, 3.63) is 23.0 Å². The van der Waals surface area contributed by atoms with Crippen LogP contribution in [0.2, 0.25) is 0 Å². The molecule has 1 heterocycles. The number of nitrogens with one attached hydrogen (secondary N) is 2. The SMILES string of the molecule is CC(C)(C)OC(=O)NC[C@@H]1CCc2cc(O)c(N3CC(=O)NS3(=O)=O)c(F)c2C1. The van der Waals surface area contributed by atoms with Gasteiger partial charge in [0.25, 0.3) is 5.91 Å². The van der Waals surface area contributed by atoms with Crippen LogP contribution in [-0.4, -0.2) is 44.2 Å². The number of alkyl carbamates (subject to hydrolysis) is 1. The Morgan fingerprint density at radius 1 is 1.45 bits per heavy atom. The van der Waals surface area contributed by atoms with Crippen LogP contribution in [0.5, 0.6) is 5.75 Å². The highest BCUT2D eigenvalue weighted by Gasteiger charge is 2.39. The summed E-state index contributed by atoms with van der Waals surface area (Å²) >= 11 is 0. The molecule has 2 amide bonds. The Morgan fingerprint density at radius 3 is 2.72 bits per heavy atom. The Labute approximate surface area is 168 Å². The number of carbonyl (C=O) groups is 2. The summed E-state index contributed by atoms with van der Waals surface area (Å²) in [5.74, 6) is -2.30. The van der Waals surface area contributed by atoms with E-state index in [1.807, 2.05) is 0 Å². The van der Waals surface area contributed by atoms with Gasteiger partial charge >= 0.3 is 16.3 Å². The molecule has 11 heteroatoms. The molecular formula is C18H24FN3O6S. The number of aromatic hydroxyl groups is 1. The fourth-order valence-corrected chi connectivity index (χ4v) is 4.67. The number of anilines is 1. The number of hydrogen-bond acceptors (Lipinski definition) is 6. The third-order valence-electron chi connectivity index (χ3n) is 4.73. The number of nitrogens with zero attached hydrogens (tertiary/aromatic N) is 1. The molecule has 0 spiro atoms. The second-order valence-corrected chi connectivity index (χ2v) is 9.82. The van der Waals surface area contributed by atoms with Crippen molar-refractivity contribution < 1.29 is 32.2 Å². The van der Waals surface area contributed by atoms with E-state index in [2.05, 4.69) is 5.32 Å². The van der Waals surface area contributed by atoms with Gasteiger partial charge in [-0.2, -0.15) is 8.42 Å². The molecule has 160 valence electrons. The molecule has 3 N–H and O–H groups in total. The van der Waals surface area contributed by atoms with E-state index in [9.17, 15) is 23.1 Å². The number of benzene rings is 1. The van der Waals surface area contributed by atoms with Crippen molar-refractivity contribution in [1.29, 1.82) is 0 Å². The van der Waals surface area contributed by atoms with Crippen LogP contribution in [-0.2, 0) is 32.6 Å². The molecule has 1 atom stereocenters. The maximum absolute atomic E-state index is 15.2. The van der Waals surface area contributed by atoms with Crippen molar-refractivity contribution in [3.8, 4) is 5.75 Å². The van der Waals surface area contributed by atoms with Gasteiger partial charge in [0.2, 0.25) is 0 Å². The lowest BCUT2D eigenvalue weighted by Crippen LogP contribution is -2.37. The maximum Gasteiger partial charge on any atom is 0.407 e. The Kier molecular flexibility index (Phi) is 5.37. The van der Waals surface area contributed by atoms with Gasteiger partial charge in [-0.25, -0.2) is 18.2 Å². The second kappa shape index (κ2) is 7.36. The number of ether oxygens (including phenoxy) is 1. The summed E-state index contributed by atoms with van der Waals surface area (Å²) in [7, 11) is -4.25. The lowest BCUT2D eigenvalue weighted by molar-refractivity contribution is -0.117. The van der Waals surface area contributed by atoms with E-state index in [-0.39, 0.29) is 24.4 Å². The zero-order chi connectivity index (χ0) is 21.6. The molecule has 1 aliphatic heterocycles. The first-order valence-electron chi connectivity index (χ1n) is 9.21. The smallest absolute Gasteiger partial charge is 0.407 e. The van der Waals surface area contributed by atoms with Crippen LogP contribution in [0.1, 0.15) is 38.3 Å². The first-order valence-corrected chi connectivity index (χ1v) is 10.6. The minimum atomic E-state index is -4.25. The van der Waals surface area contributed by atoms with Crippen molar-refractivity contribution in [2.75, 3.05) is 17.4 Å². The molecule has 1 saturated heterocycles. The summed E-state index contributed by atoms with van der Waals surface area (Å²) in [6.07, 6.45) is 0.802. The van der Waals surface area contributed by atoms with E-state index in [0.717, 1.165) is 0 Å². The molecule has 0 unspecified atom stereocenters. The number of aryl methyl sites for hydroxylation is 1. The topological polar surface area (TPSA) is 125 Å². The van der Waals surface area contributed by atoms with E-state index < -0.39 is 51.6 Å². The minimum Gasteiger partial charge on any atom is -0.506 e. The van der Waals surface area contributed by atoms with Gasteiger partial charge in [0, 0.05) is 6.54 Å². The van der Waals surface area contributed by atoms with Gasteiger partial charge in [0.15, 0.2) is 5.82 Å². The molecule has 0 saturated carbocycles. The zero-order valence-electron chi connectivity index (χ0n) is 16.4. The Hall–Kier alpha value is -2.56. The third-order valence-corrected chi connectivity index (χ3v) is 6.11. The lowest BCUT2D eigenvalue weighted by atomic mass is 9.83. The first kappa shape index (κ1) is 21.2. The van der Waals surface area contributed by atoms with E-state index in [1.54, 1.807) is 25.5 Å². The number of phenolic OH excluding ortho intramolecular Hbond substituents is 1. The highest BCUT2D eigenvalue weighted by atomic mass is 32.2. The Bertz CT molecular complexity index is 957. The average Bonchev–Trinajstić information content (AvgIpc) is 2.84. The maximum atomic E-state index is 15.2. The van der Waals surface area contributed by atoms with Crippen molar-refractivity contribution in [2.45, 2.75) is 45.6 Å². The van der Waals surface area contributed by atoms with Gasteiger partial charge in [-0.15, -0.1) is 0 Å². The molecule has 1 fully saturated rings. The average molecular weight is 429 g/mol. The summed E-state index contributed by atoms with van der Waals surface area (Å²) in [4.78, 5) is 23.3. The normalized spacial score (nSPS) is 20.8. The summed E-state index contributed by atoms with van der Waals surface area (Å²) in [6, 6.07) is 1.34. The molecule has 1 aromatic rings. The number of carbonyl (C=O) groups excluding carboxylic acids is 2. The van der Waals surface area contributed by atoms with Gasteiger partial charge in [0.1, 0.15) is 23.6 Å². The minimum absolute atomic E-state index is 0.0862. The van der Waals surface area contributed by atoms with E-state index >= 15 is 4.39 Å². The highest BCUT2D eigenvalue weighted by Crippen LogP contribution is 2.40. The standard InChI is InChI=1S/C18H24FN3O6S/c1-18(2,3)28-17(25)20-8-10-4-5-11-7-13(23)16(15(19)12(11)6-10)22-9-14(24)21-29(22,26)27/h7,10,23H,4-6,8-9H2,1-3H3,(H,20,25)(H,21,24)/t10-/m1/s1. The molecule has 2 aliphatic rings. The van der Waals surface area contributed by atoms with Crippen LogP contribution in [0.4, 0.5) is 14.9 Å². The van der Waals surface area contributed by atoms with Crippen LogP contribution >= 0.6 is 0 Å². The van der Waals surface area contributed by atoms with Crippen LogP contribution in [0, 0.1) is 11.7 Å². The van der Waals surface area contributed by atoms with Gasteiger partial charge in [-0.05, 0) is 63.1 Å². The summed E-state index contributed by atoms with van der Waals surface area (Å²) in [5, 5.41) is 12.9. The van der Waals surface area contributed by atoms with Gasteiger partial charge in [0.05, 0.1) is 0 Å². The monoisotopic (exact) mass is 429 g/mol. The number of phenols is 1. The predicted molar refractivity (Wildman–Crippen MR) is 102 cm³/mol. The van der Waals surface area contributed by atoms with Crippen molar-refractivity contribution in [1.82, 2.24) is 10.0 Å². The van der Waals surface area contributed by atoms with Crippen molar-refractivity contribution in [3.63, 3.8) is 0 Å². The van der Waals surface area contributed by atoms with E-state index in [4.69, 9.17) is 4.74 Å². The van der Waals surface area contributed by atoms with Crippen LogP contribution in [0.15, 0.2) is 6.07 Å². The lowest BCUT2D eigenvalue weighted by Gasteiger charge is -2.28. The molecular weight excluding hydrogens is 405 g/mol. The largest absolute Gasteiger partial charge is 0.506 e. The molecule has 0 aromatic heterocycles. The van der Waals surface area contributed by atoms with Crippen LogP contribution in [0.25, 0.3) is 0 Å². The Morgan fingerprint density at radius 2 is 2.14 bits per heavy atom. The summed E-state index contributed by atoms with van der Waals surface area (Å²) < 4.78 is 46.8. The molecule has 9 nitrogen and oxygen atoms in total. The molecule has 29 heavy (non-hydrogen) atoms. The fraction of sp³-hybridized carbons (Fsp3) is 0.556. The first-order chi connectivity index (χ1) is 13.4. The number of halogens is 1. The molecule has 0 bridgehead atoms. The summed E-state index contributed by atoms with van der Waals surface area (Å²) in [6.45, 7) is 4.91. The fourth-order valence-electron chi connectivity index (χ4n) is 3.51. The zero-order valence-corrected chi connectivity index (χ0v) is 17.2. The van der Waals surface area contributed by atoms with Crippen molar-refractivity contribution in [2.24, 2.45) is 5.92 Å². The second-order valence-electron chi connectivity index (χ2n) is 8.22. The molecule has 0 radical (unpaired) electrons. The van der Waals surface area contributed by atoms with Gasteiger partial charge < -0.3 is 15.2 Å². The molecule has 3 rings (SSSR count). The molecule has 1 aromatic carbocycles. The summed E-state index contributed by atoms with van der Waals surface area (Å²) in [5.41, 5.74) is -0.320. The number of hydrogen-bond donors (Lipinski definition) is 3. The van der Waals surface area contributed by atoms with Crippen LogP contribution < -0.4 is 14.3 Å². The highest BCUT2D eigenvalue weighted by molar-refractivity contribution is 7.92. The van der Waals surface area contributed by atoms with Crippen LogP contribution in [0.3, 0.4) is 0 Å². The number of rotatable bonds is 3. The van der Waals surface area contributed by atoms with E-state index in [1.165, 1.54) is 6.07 Å². The van der Waals surface area contributed by atoms with Gasteiger partial charge in [-0.3, -0.25) is 4.79 Å². The Balaban J connectivity index is 1.80. The van der Waals surface area contributed by atoms with E-state index in [0.29, 0.717) is 22.7 Å². The van der Waals surface area contributed by atoms with Crippen molar-refractivity contribution >= 4 is 27.9 Å². The number of fused-ring (bicyclic) bond motifs is 1.